The molecule has 0 aliphatic heterocycles. The molecule has 25 heavy (non-hydrogen) atoms. The molecule has 130 valence electrons. The molecular formula is C18H19N3O2S2. The van der Waals surface area contributed by atoms with Gasteiger partial charge in [-0.1, -0.05) is 0 Å². The van der Waals surface area contributed by atoms with Crippen LogP contribution in [0.5, 0.6) is 0 Å². The van der Waals surface area contributed by atoms with Crippen molar-refractivity contribution in [2.45, 2.75) is 38.8 Å². The summed E-state index contributed by atoms with van der Waals surface area (Å²) in [7, 11) is 1.77. The number of aryl methyl sites for hydroxylation is 2. The van der Waals surface area contributed by atoms with Gasteiger partial charge in [0, 0.05) is 18.5 Å². The lowest BCUT2D eigenvalue weighted by atomic mass is 9.97. The standard InChI is InChI=1S/C18H19N3O2S2/c1-20(8-12-6-7-24-10-12)15(22)9-21-11-19-17-16(18(21)23)13-4-2-3-5-14(13)25-17/h6-7,10-11H,2-5,8-9H2,1H3. The zero-order valence-corrected chi connectivity index (χ0v) is 15.7. The number of amides is 1. The minimum absolute atomic E-state index is 0.0348. The van der Waals surface area contributed by atoms with Crippen LogP contribution in [0, 0.1) is 0 Å². The van der Waals surface area contributed by atoms with E-state index in [0.717, 1.165) is 40.6 Å². The Kier molecular flexibility index (Phi) is 4.43. The first-order valence-electron chi connectivity index (χ1n) is 8.38. The third-order valence-electron chi connectivity index (χ3n) is 4.67. The summed E-state index contributed by atoms with van der Waals surface area (Å²) in [4.78, 5) is 33.6. The average molecular weight is 374 g/mol. The number of likely N-dealkylation sites (N-methyl/N-ethyl adjacent to an activating group) is 1. The van der Waals surface area contributed by atoms with E-state index in [0.29, 0.717) is 6.54 Å². The fourth-order valence-electron chi connectivity index (χ4n) is 3.30. The van der Waals surface area contributed by atoms with Crippen molar-refractivity contribution < 1.29 is 4.79 Å². The van der Waals surface area contributed by atoms with Crippen LogP contribution in [0.4, 0.5) is 0 Å². The van der Waals surface area contributed by atoms with E-state index in [-0.39, 0.29) is 18.0 Å². The van der Waals surface area contributed by atoms with E-state index in [1.165, 1.54) is 22.2 Å². The molecule has 3 heterocycles. The molecule has 0 bridgehead atoms. The van der Waals surface area contributed by atoms with Gasteiger partial charge in [0.05, 0.1) is 11.7 Å². The van der Waals surface area contributed by atoms with Crippen molar-refractivity contribution in [2.24, 2.45) is 0 Å². The molecule has 1 amide bonds. The van der Waals surface area contributed by atoms with Crippen LogP contribution in [0.1, 0.15) is 28.8 Å². The SMILES string of the molecule is CN(Cc1ccsc1)C(=O)Cn1cnc2sc3c(c2c1=O)CCCC3. The highest BCUT2D eigenvalue weighted by atomic mass is 32.1. The highest BCUT2D eigenvalue weighted by Crippen LogP contribution is 2.33. The number of thiophene rings is 2. The minimum atomic E-state index is -0.0847. The van der Waals surface area contributed by atoms with Crippen LogP contribution < -0.4 is 5.56 Å². The molecule has 0 saturated heterocycles. The fourth-order valence-corrected chi connectivity index (χ4v) is 5.18. The largest absolute Gasteiger partial charge is 0.340 e. The number of aromatic nitrogens is 2. The second-order valence-corrected chi connectivity index (χ2v) is 8.31. The highest BCUT2D eigenvalue weighted by molar-refractivity contribution is 7.18. The molecule has 3 aromatic heterocycles. The molecular weight excluding hydrogens is 354 g/mol. The van der Waals surface area contributed by atoms with E-state index in [4.69, 9.17) is 0 Å². The fraction of sp³-hybridized carbons (Fsp3) is 0.389. The van der Waals surface area contributed by atoms with Gasteiger partial charge in [-0.15, -0.1) is 11.3 Å². The van der Waals surface area contributed by atoms with Crippen LogP contribution in [0.3, 0.4) is 0 Å². The second-order valence-electron chi connectivity index (χ2n) is 6.45. The zero-order valence-electron chi connectivity index (χ0n) is 14.0. The smallest absolute Gasteiger partial charge is 0.262 e. The Hall–Kier alpha value is -1.99. The van der Waals surface area contributed by atoms with Crippen molar-refractivity contribution in [1.29, 1.82) is 0 Å². The Morgan fingerprint density at radius 3 is 3.00 bits per heavy atom. The number of hydrogen-bond donors (Lipinski definition) is 0. The molecule has 0 atom stereocenters. The van der Waals surface area contributed by atoms with E-state index in [9.17, 15) is 9.59 Å². The summed E-state index contributed by atoms with van der Waals surface area (Å²) in [6.45, 7) is 0.591. The quantitative estimate of drug-likeness (QED) is 0.706. The number of fused-ring (bicyclic) bond motifs is 3. The normalized spacial score (nSPS) is 13.8. The predicted molar refractivity (Wildman–Crippen MR) is 101 cm³/mol. The first-order valence-corrected chi connectivity index (χ1v) is 10.1. The number of nitrogens with zero attached hydrogens (tertiary/aromatic N) is 3. The maximum absolute atomic E-state index is 12.9. The van der Waals surface area contributed by atoms with Crippen LogP contribution in [0.2, 0.25) is 0 Å². The topological polar surface area (TPSA) is 55.2 Å². The van der Waals surface area contributed by atoms with Crippen molar-refractivity contribution >= 4 is 38.8 Å². The van der Waals surface area contributed by atoms with Crippen LogP contribution in [0.15, 0.2) is 27.9 Å². The molecule has 1 aliphatic carbocycles. The van der Waals surface area contributed by atoms with E-state index >= 15 is 0 Å². The summed E-state index contributed by atoms with van der Waals surface area (Å²) in [6, 6.07) is 2.01. The molecule has 4 rings (SSSR count). The Balaban J connectivity index is 1.60. The van der Waals surface area contributed by atoms with Crippen LogP contribution >= 0.6 is 22.7 Å². The third kappa shape index (κ3) is 3.14. The molecule has 0 spiro atoms. The molecule has 7 heteroatoms. The van der Waals surface area contributed by atoms with Crippen molar-refractivity contribution in [3.8, 4) is 0 Å². The third-order valence-corrected chi connectivity index (χ3v) is 6.60. The summed E-state index contributed by atoms with van der Waals surface area (Å²) >= 11 is 3.25. The van der Waals surface area contributed by atoms with E-state index in [1.54, 1.807) is 34.6 Å². The number of carbonyl (C=O) groups excluding carboxylic acids is 1. The van der Waals surface area contributed by atoms with Gasteiger partial charge in [0.25, 0.3) is 5.56 Å². The lowest BCUT2D eigenvalue weighted by molar-refractivity contribution is -0.131. The van der Waals surface area contributed by atoms with Gasteiger partial charge in [-0.2, -0.15) is 11.3 Å². The van der Waals surface area contributed by atoms with Gasteiger partial charge in [0.15, 0.2) is 0 Å². The van der Waals surface area contributed by atoms with Crippen LogP contribution in [0.25, 0.3) is 10.2 Å². The first kappa shape index (κ1) is 16.5. The molecule has 0 N–H and O–H groups in total. The Morgan fingerprint density at radius 1 is 1.36 bits per heavy atom. The summed E-state index contributed by atoms with van der Waals surface area (Å²) < 4.78 is 1.45. The first-order chi connectivity index (χ1) is 12.1. The lowest BCUT2D eigenvalue weighted by Gasteiger charge is -2.17. The minimum Gasteiger partial charge on any atom is -0.340 e. The van der Waals surface area contributed by atoms with Gasteiger partial charge in [-0.05, 0) is 53.6 Å². The monoisotopic (exact) mass is 373 g/mol. The van der Waals surface area contributed by atoms with E-state index in [2.05, 4.69) is 4.98 Å². The van der Waals surface area contributed by atoms with Crippen molar-refractivity contribution in [1.82, 2.24) is 14.5 Å². The van der Waals surface area contributed by atoms with Gasteiger partial charge in [-0.3, -0.25) is 14.2 Å². The van der Waals surface area contributed by atoms with Crippen molar-refractivity contribution in [3.05, 3.63) is 49.5 Å². The summed E-state index contributed by atoms with van der Waals surface area (Å²) in [6.07, 6.45) is 5.80. The van der Waals surface area contributed by atoms with Gasteiger partial charge in [-0.25, -0.2) is 4.98 Å². The molecule has 0 aromatic carbocycles. The predicted octanol–water partition coefficient (Wildman–Crippen LogP) is 3.06. The van der Waals surface area contributed by atoms with Gasteiger partial charge < -0.3 is 4.90 Å². The maximum atomic E-state index is 12.9. The molecule has 0 saturated carbocycles. The maximum Gasteiger partial charge on any atom is 0.262 e. The summed E-state index contributed by atoms with van der Waals surface area (Å²) in [5.74, 6) is -0.0847. The zero-order chi connectivity index (χ0) is 17.4. The Bertz CT molecular complexity index is 972. The molecule has 1 aliphatic rings. The molecule has 0 radical (unpaired) electrons. The number of hydrogen-bond acceptors (Lipinski definition) is 5. The highest BCUT2D eigenvalue weighted by Gasteiger charge is 2.21. The van der Waals surface area contributed by atoms with Crippen molar-refractivity contribution in [3.63, 3.8) is 0 Å². The second kappa shape index (κ2) is 6.72. The summed E-state index contributed by atoms with van der Waals surface area (Å²) in [5.41, 5.74) is 2.19. The number of carbonyl (C=O) groups is 1. The average Bonchev–Trinajstić information content (AvgIpc) is 3.24. The van der Waals surface area contributed by atoms with Gasteiger partial charge in [0.2, 0.25) is 5.91 Å². The Labute approximate surface area is 153 Å². The van der Waals surface area contributed by atoms with E-state index in [1.807, 2.05) is 16.8 Å². The van der Waals surface area contributed by atoms with Gasteiger partial charge in [0.1, 0.15) is 11.4 Å². The van der Waals surface area contributed by atoms with Crippen LogP contribution in [-0.2, 0) is 30.7 Å². The molecule has 3 aromatic rings. The van der Waals surface area contributed by atoms with Crippen molar-refractivity contribution in [2.75, 3.05) is 7.05 Å². The lowest BCUT2D eigenvalue weighted by Crippen LogP contribution is -2.33. The Morgan fingerprint density at radius 2 is 2.20 bits per heavy atom. The number of rotatable bonds is 4. The van der Waals surface area contributed by atoms with E-state index < -0.39 is 0 Å². The van der Waals surface area contributed by atoms with Gasteiger partial charge >= 0.3 is 0 Å². The summed E-state index contributed by atoms with van der Waals surface area (Å²) in [5, 5.41) is 4.76. The molecule has 5 nitrogen and oxygen atoms in total. The van der Waals surface area contributed by atoms with Crippen LogP contribution in [-0.4, -0.2) is 27.4 Å². The molecule has 0 unspecified atom stereocenters. The molecule has 0 fully saturated rings.